The van der Waals surface area contributed by atoms with Crippen LogP contribution in [0.3, 0.4) is 0 Å². The number of carboxylic acid groups (broad SMARTS) is 1. The lowest BCUT2D eigenvalue weighted by molar-refractivity contribution is -0.138. The third-order valence-electron chi connectivity index (χ3n) is 4.41. The van der Waals surface area contributed by atoms with Gasteiger partial charge in [0.1, 0.15) is 15.5 Å². The van der Waals surface area contributed by atoms with Crippen LogP contribution in [0, 0.1) is 0 Å². The molecule has 2 aliphatic rings. The predicted octanol–water partition coefficient (Wildman–Crippen LogP) is 0.741. The molecule has 1 aromatic rings. The molecule has 8 nitrogen and oxygen atoms in total. The van der Waals surface area contributed by atoms with Crippen LogP contribution in [0.1, 0.15) is 19.3 Å². The first-order valence-corrected chi connectivity index (χ1v) is 10.5. The molecule has 0 radical (unpaired) electrons. The zero-order chi connectivity index (χ0) is 18.9. The van der Waals surface area contributed by atoms with Gasteiger partial charge in [-0.2, -0.15) is 5.10 Å². The minimum absolute atomic E-state index is 0.00877. The Hall–Kier alpha value is -2.42. The zero-order valence-corrected chi connectivity index (χ0v) is 15.2. The quantitative estimate of drug-likeness (QED) is 0.749. The number of hydrogen-bond acceptors (Lipinski definition) is 6. The molecule has 0 bridgehead atoms. The average Bonchev–Trinajstić information content (AvgIpc) is 3.31. The SMILES string of the molecule is CS(=O)(=O)CCN(C(=O)C1=NN(c2ccccc2)C(C(=O)O)C1)C1CC1. The van der Waals surface area contributed by atoms with Crippen molar-refractivity contribution in [3.05, 3.63) is 30.3 Å². The lowest BCUT2D eigenvalue weighted by Crippen LogP contribution is -2.41. The summed E-state index contributed by atoms with van der Waals surface area (Å²) in [4.78, 5) is 26.0. The fourth-order valence-corrected chi connectivity index (χ4v) is 3.45. The van der Waals surface area contributed by atoms with Gasteiger partial charge in [-0.3, -0.25) is 9.80 Å². The van der Waals surface area contributed by atoms with E-state index in [-0.39, 0.29) is 36.4 Å². The summed E-state index contributed by atoms with van der Waals surface area (Å²) in [5, 5.41) is 15.1. The second-order valence-corrected chi connectivity index (χ2v) is 8.90. The molecule has 1 atom stereocenters. The molecule has 26 heavy (non-hydrogen) atoms. The largest absolute Gasteiger partial charge is 0.480 e. The Morgan fingerprint density at radius 3 is 2.46 bits per heavy atom. The number of hydrazone groups is 1. The molecular weight excluding hydrogens is 358 g/mol. The van der Waals surface area contributed by atoms with Crippen molar-refractivity contribution in [2.45, 2.75) is 31.3 Å². The van der Waals surface area contributed by atoms with Gasteiger partial charge in [0.2, 0.25) is 0 Å². The van der Waals surface area contributed by atoms with E-state index in [2.05, 4.69) is 5.10 Å². The number of amides is 1. The Morgan fingerprint density at radius 1 is 1.27 bits per heavy atom. The molecule has 140 valence electrons. The Labute approximate surface area is 152 Å². The molecule has 0 saturated heterocycles. The van der Waals surface area contributed by atoms with Crippen LogP contribution in [0.15, 0.2) is 35.4 Å². The molecule has 1 aliphatic carbocycles. The highest BCUT2D eigenvalue weighted by atomic mass is 32.2. The van der Waals surface area contributed by atoms with Crippen LogP contribution in [0.4, 0.5) is 5.69 Å². The normalized spacial score (nSPS) is 20.0. The average molecular weight is 379 g/mol. The number of benzene rings is 1. The molecule has 1 fully saturated rings. The first-order chi connectivity index (χ1) is 12.3. The lowest BCUT2D eigenvalue weighted by Gasteiger charge is -2.21. The van der Waals surface area contributed by atoms with Crippen molar-refractivity contribution in [2.75, 3.05) is 23.6 Å². The summed E-state index contributed by atoms with van der Waals surface area (Å²) >= 11 is 0. The maximum atomic E-state index is 12.9. The molecule has 1 saturated carbocycles. The van der Waals surface area contributed by atoms with E-state index in [9.17, 15) is 23.1 Å². The monoisotopic (exact) mass is 379 g/mol. The number of carboxylic acids is 1. The number of sulfone groups is 1. The highest BCUT2D eigenvalue weighted by molar-refractivity contribution is 7.90. The molecule has 1 heterocycles. The Balaban J connectivity index is 1.82. The Bertz CT molecular complexity index is 833. The van der Waals surface area contributed by atoms with Gasteiger partial charge >= 0.3 is 5.97 Å². The number of anilines is 1. The fourth-order valence-electron chi connectivity index (χ4n) is 2.92. The van der Waals surface area contributed by atoms with Crippen LogP contribution in [-0.2, 0) is 19.4 Å². The molecule has 1 N–H and O–H groups in total. The van der Waals surface area contributed by atoms with Crippen LogP contribution in [-0.4, -0.2) is 66.6 Å². The number of aliphatic carboxylic acids is 1. The van der Waals surface area contributed by atoms with E-state index in [1.54, 1.807) is 24.3 Å². The van der Waals surface area contributed by atoms with Gasteiger partial charge in [-0.05, 0) is 25.0 Å². The first-order valence-electron chi connectivity index (χ1n) is 8.39. The Morgan fingerprint density at radius 2 is 1.92 bits per heavy atom. The van der Waals surface area contributed by atoms with Crippen molar-refractivity contribution >= 4 is 33.1 Å². The van der Waals surface area contributed by atoms with Gasteiger partial charge in [-0.15, -0.1) is 0 Å². The van der Waals surface area contributed by atoms with Crippen molar-refractivity contribution in [3.63, 3.8) is 0 Å². The van der Waals surface area contributed by atoms with E-state index >= 15 is 0 Å². The van der Waals surface area contributed by atoms with E-state index in [0.717, 1.165) is 19.1 Å². The summed E-state index contributed by atoms with van der Waals surface area (Å²) in [6.45, 7) is 0.102. The first kappa shape index (κ1) is 18.4. The number of nitrogens with zero attached hydrogens (tertiary/aromatic N) is 3. The number of carbonyl (C=O) groups excluding carboxylic acids is 1. The standard InChI is InChI=1S/C17H21N3O5S/c1-26(24,25)10-9-19(12-7-8-12)16(21)14-11-15(17(22)23)20(18-14)13-5-3-2-4-6-13/h2-6,12,15H,7-11H2,1H3,(H,22,23). The van der Waals surface area contributed by atoms with Crippen LogP contribution < -0.4 is 5.01 Å². The van der Waals surface area contributed by atoms with Crippen LogP contribution in [0.25, 0.3) is 0 Å². The molecule has 1 amide bonds. The summed E-state index contributed by atoms with van der Waals surface area (Å²) in [6, 6.07) is 7.88. The van der Waals surface area contributed by atoms with Crippen molar-refractivity contribution in [3.8, 4) is 0 Å². The van der Waals surface area contributed by atoms with Gasteiger partial charge in [0.05, 0.1) is 11.4 Å². The highest BCUT2D eigenvalue weighted by Crippen LogP contribution is 2.30. The molecule has 9 heteroatoms. The van der Waals surface area contributed by atoms with Crippen molar-refractivity contribution in [1.82, 2.24) is 4.90 Å². The number of carbonyl (C=O) groups is 2. The number of rotatable bonds is 7. The third-order valence-corrected chi connectivity index (χ3v) is 5.34. The summed E-state index contributed by atoms with van der Waals surface area (Å²) < 4.78 is 22.9. The minimum atomic E-state index is -3.20. The highest BCUT2D eigenvalue weighted by Gasteiger charge is 2.41. The summed E-state index contributed by atoms with van der Waals surface area (Å²) in [5.41, 5.74) is 0.749. The topological polar surface area (TPSA) is 107 Å². The summed E-state index contributed by atoms with van der Waals surface area (Å²) in [7, 11) is -3.20. The van der Waals surface area contributed by atoms with E-state index in [4.69, 9.17) is 0 Å². The van der Waals surface area contributed by atoms with Crippen molar-refractivity contribution in [1.29, 1.82) is 0 Å². The number of para-hydroxylation sites is 1. The van der Waals surface area contributed by atoms with E-state index in [0.29, 0.717) is 5.69 Å². The van der Waals surface area contributed by atoms with E-state index in [1.807, 2.05) is 6.07 Å². The number of hydrogen-bond donors (Lipinski definition) is 1. The van der Waals surface area contributed by atoms with E-state index < -0.39 is 21.8 Å². The van der Waals surface area contributed by atoms with Crippen LogP contribution in [0.5, 0.6) is 0 Å². The van der Waals surface area contributed by atoms with Crippen molar-refractivity contribution < 1.29 is 23.1 Å². The molecular formula is C17H21N3O5S. The van der Waals surface area contributed by atoms with Gasteiger partial charge in [0.15, 0.2) is 6.04 Å². The minimum Gasteiger partial charge on any atom is -0.480 e. The van der Waals surface area contributed by atoms with Gasteiger partial charge in [0.25, 0.3) is 5.91 Å². The smallest absolute Gasteiger partial charge is 0.328 e. The van der Waals surface area contributed by atoms with Crippen LogP contribution in [0.2, 0.25) is 0 Å². The molecule has 0 aromatic heterocycles. The second kappa shape index (κ2) is 7.06. The second-order valence-electron chi connectivity index (χ2n) is 6.64. The fraction of sp³-hybridized carbons (Fsp3) is 0.471. The van der Waals surface area contributed by atoms with Crippen LogP contribution >= 0.6 is 0 Å². The molecule has 3 rings (SSSR count). The zero-order valence-electron chi connectivity index (χ0n) is 14.4. The maximum absolute atomic E-state index is 12.9. The van der Waals surface area contributed by atoms with Crippen molar-refractivity contribution in [2.24, 2.45) is 5.10 Å². The van der Waals surface area contributed by atoms with E-state index in [1.165, 1.54) is 9.91 Å². The maximum Gasteiger partial charge on any atom is 0.328 e. The third kappa shape index (κ3) is 4.21. The van der Waals surface area contributed by atoms with Gasteiger partial charge < -0.3 is 10.0 Å². The van der Waals surface area contributed by atoms with Gasteiger partial charge in [0, 0.05) is 25.3 Å². The molecule has 0 spiro atoms. The van der Waals surface area contributed by atoms with Gasteiger partial charge in [-0.1, -0.05) is 18.2 Å². The molecule has 1 unspecified atom stereocenters. The summed E-state index contributed by atoms with van der Waals surface area (Å²) in [5.74, 6) is -1.55. The summed E-state index contributed by atoms with van der Waals surface area (Å²) in [6.07, 6.45) is 2.78. The molecule has 1 aliphatic heterocycles. The Kier molecular flexibility index (Phi) is 4.99. The van der Waals surface area contributed by atoms with Gasteiger partial charge in [-0.25, -0.2) is 13.2 Å². The molecule has 1 aromatic carbocycles. The predicted molar refractivity (Wildman–Crippen MR) is 96.8 cm³/mol. The lowest BCUT2D eigenvalue weighted by atomic mass is 10.1.